The Kier molecular flexibility index (Phi) is 7.00. The van der Waals surface area contributed by atoms with Gasteiger partial charge in [0.15, 0.2) is 0 Å². The molecular weight excluding hydrogens is 334 g/mol. The number of ether oxygens (including phenoxy) is 1. The molecule has 1 fully saturated rings. The molecule has 0 unspecified atom stereocenters. The van der Waals surface area contributed by atoms with Crippen molar-refractivity contribution in [2.75, 3.05) is 44.2 Å². The molecule has 26 heavy (non-hydrogen) atoms. The molecule has 0 radical (unpaired) electrons. The van der Waals surface area contributed by atoms with E-state index in [1.54, 1.807) is 21.6 Å². The van der Waals surface area contributed by atoms with Crippen LogP contribution in [0.25, 0.3) is 0 Å². The summed E-state index contributed by atoms with van der Waals surface area (Å²) >= 11 is 0. The second-order valence-electron chi connectivity index (χ2n) is 6.23. The molecule has 2 rings (SSSR count). The van der Waals surface area contributed by atoms with Crippen LogP contribution in [-0.2, 0) is 14.4 Å². The maximum Gasteiger partial charge on any atom is 0.224 e. The average molecular weight is 361 g/mol. The summed E-state index contributed by atoms with van der Waals surface area (Å²) in [5.41, 5.74) is 0.746. The minimum atomic E-state index is -0.108. The van der Waals surface area contributed by atoms with E-state index >= 15 is 0 Å². The van der Waals surface area contributed by atoms with Crippen LogP contribution >= 0.6 is 0 Å². The van der Waals surface area contributed by atoms with Gasteiger partial charge in [-0.15, -0.1) is 0 Å². The highest BCUT2D eigenvalue weighted by Gasteiger charge is 2.23. The number of hydrogen-bond donors (Lipinski definition) is 0. The van der Waals surface area contributed by atoms with Crippen molar-refractivity contribution in [1.82, 2.24) is 9.80 Å². The molecule has 142 valence electrons. The van der Waals surface area contributed by atoms with Gasteiger partial charge in [0.25, 0.3) is 0 Å². The molecule has 1 saturated heterocycles. The van der Waals surface area contributed by atoms with E-state index in [4.69, 9.17) is 4.74 Å². The zero-order chi connectivity index (χ0) is 19.1. The topological polar surface area (TPSA) is 70.2 Å². The average Bonchev–Trinajstić information content (AvgIpc) is 2.63. The highest BCUT2D eigenvalue weighted by Crippen LogP contribution is 2.20. The number of benzene rings is 1. The first-order chi connectivity index (χ1) is 12.4. The first-order valence-corrected chi connectivity index (χ1v) is 8.96. The zero-order valence-corrected chi connectivity index (χ0v) is 15.7. The fourth-order valence-corrected chi connectivity index (χ4v) is 2.99. The van der Waals surface area contributed by atoms with E-state index in [-0.39, 0.29) is 24.1 Å². The van der Waals surface area contributed by atoms with Crippen LogP contribution in [0.15, 0.2) is 24.3 Å². The maximum atomic E-state index is 12.4. The Morgan fingerprint density at radius 1 is 1.00 bits per heavy atom. The highest BCUT2D eigenvalue weighted by atomic mass is 16.5. The standard InChI is InChI=1S/C19H27N3O4/c1-4-26-18-7-5-17(6-8-18)22(16(3)24)10-9-19(25)21-13-11-20(12-14-21)15(2)23/h5-8H,4,9-14H2,1-3H3. The smallest absolute Gasteiger partial charge is 0.224 e. The van der Waals surface area contributed by atoms with Gasteiger partial charge in [0.2, 0.25) is 17.7 Å². The van der Waals surface area contributed by atoms with Gasteiger partial charge in [-0.25, -0.2) is 0 Å². The summed E-state index contributed by atoms with van der Waals surface area (Å²) in [6, 6.07) is 7.28. The van der Waals surface area contributed by atoms with Gasteiger partial charge < -0.3 is 19.4 Å². The second-order valence-corrected chi connectivity index (χ2v) is 6.23. The van der Waals surface area contributed by atoms with Crippen molar-refractivity contribution in [3.05, 3.63) is 24.3 Å². The number of rotatable bonds is 6. The largest absolute Gasteiger partial charge is 0.494 e. The lowest BCUT2D eigenvalue weighted by Gasteiger charge is -2.34. The molecule has 1 aromatic rings. The van der Waals surface area contributed by atoms with Crippen molar-refractivity contribution in [1.29, 1.82) is 0 Å². The molecule has 1 aromatic carbocycles. The van der Waals surface area contributed by atoms with Gasteiger partial charge in [0.05, 0.1) is 6.61 Å². The fourth-order valence-electron chi connectivity index (χ4n) is 2.99. The molecule has 0 spiro atoms. The Morgan fingerprint density at radius 3 is 2.08 bits per heavy atom. The summed E-state index contributed by atoms with van der Waals surface area (Å²) in [6.07, 6.45) is 0.257. The molecule has 1 aliphatic rings. The van der Waals surface area contributed by atoms with Crippen molar-refractivity contribution in [3.8, 4) is 5.75 Å². The van der Waals surface area contributed by atoms with Crippen LogP contribution < -0.4 is 9.64 Å². The van der Waals surface area contributed by atoms with Gasteiger partial charge >= 0.3 is 0 Å². The van der Waals surface area contributed by atoms with Crippen LogP contribution in [0.5, 0.6) is 5.75 Å². The van der Waals surface area contributed by atoms with Gasteiger partial charge in [-0.05, 0) is 31.2 Å². The summed E-state index contributed by atoms with van der Waals surface area (Å²) in [5.74, 6) is 0.684. The molecule has 7 heteroatoms. The predicted octanol–water partition coefficient (Wildman–Crippen LogP) is 1.52. The molecule has 3 amide bonds. The third-order valence-corrected chi connectivity index (χ3v) is 4.47. The van der Waals surface area contributed by atoms with E-state index in [0.717, 1.165) is 11.4 Å². The van der Waals surface area contributed by atoms with Crippen molar-refractivity contribution < 1.29 is 19.1 Å². The minimum Gasteiger partial charge on any atom is -0.494 e. The quantitative estimate of drug-likeness (QED) is 0.770. The number of anilines is 1. The summed E-state index contributed by atoms with van der Waals surface area (Å²) in [5, 5.41) is 0. The van der Waals surface area contributed by atoms with Gasteiger partial charge in [0.1, 0.15) is 5.75 Å². The minimum absolute atomic E-state index is 0.00499. The molecule has 1 aliphatic heterocycles. The Bertz CT molecular complexity index is 637. The van der Waals surface area contributed by atoms with Crippen LogP contribution in [0.4, 0.5) is 5.69 Å². The van der Waals surface area contributed by atoms with Crippen molar-refractivity contribution in [3.63, 3.8) is 0 Å². The van der Waals surface area contributed by atoms with E-state index < -0.39 is 0 Å². The van der Waals surface area contributed by atoms with E-state index in [1.807, 2.05) is 31.2 Å². The summed E-state index contributed by atoms with van der Waals surface area (Å²) in [6.45, 7) is 8.08. The number of carbonyl (C=O) groups is 3. The molecular formula is C19H27N3O4. The van der Waals surface area contributed by atoms with Gasteiger partial charge in [0, 0.05) is 58.7 Å². The van der Waals surface area contributed by atoms with Crippen molar-refractivity contribution in [2.24, 2.45) is 0 Å². The molecule has 7 nitrogen and oxygen atoms in total. The Labute approximate surface area is 154 Å². The SMILES string of the molecule is CCOc1ccc(N(CCC(=O)N2CCN(C(C)=O)CC2)C(C)=O)cc1. The fraction of sp³-hybridized carbons (Fsp3) is 0.526. The molecule has 0 saturated carbocycles. The second kappa shape index (κ2) is 9.22. The van der Waals surface area contributed by atoms with Gasteiger partial charge in [-0.1, -0.05) is 0 Å². The normalized spacial score (nSPS) is 14.1. The monoisotopic (exact) mass is 361 g/mol. The molecule has 0 N–H and O–H groups in total. The van der Waals surface area contributed by atoms with Gasteiger partial charge in [-0.2, -0.15) is 0 Å². The Morgan fingerprint density at radius 2 is 1.58 bits per heavy atom. The van der Waals surface area contributed by atoms with Crippen LogP contribution in [0, 0.1) is 0 Å². The van der Waals surface area contributed by atoms with Crippen LogP contribution in [0.1, 0.15) is 27.2 Å². The summed E-state index contributed by atoms with van der Waals surface area (Å²) < 4.78 is 5.41. The number of hydrogen-bond acceptors (Lipinski definition) is 4. The van der Waals surface area contributed by atoms with Crippen LogP contribution in [0.3, 0.4) is 0 Å². The van der Waals surface area contributed by atoms with E-state index in [2.05, 4.69) is 0 Å². The molecule has 0 aliphatic carbocycles. The molecule has 0 atom stereocenters. The van der Waals surface area contributed by atoms with E-state index in [1.165, 1.54) is 6.92 Å². The molecule has 0 aromatic heterocycles. The Hall–Kier alpha value is -2.57. The Balaban J connectivity index is 1.91. The summed E-state index contributed by atoms with van der Waals surface area (Å²) in [4.78, 5) is 40.9. The lowest BCUT2D eigenvalue weighted by Crippen LogP contribution is -2.50. The third-order valence-electron chi connectivity index (χ3n) is 4.47. The highest BCUT2D eigenvalue weighted by molar-refractivity contribution is 5.92. The number of nitrogens with zero attached hydrogens (tertiary/aromatic N) is 3. The summed E-state index contributed by atoms with van der Waals surface area (Å²) in [7, 11) is 0. The number of amides is 3. The van der Waals surface area contributed by atoms with Crippen LogP contribution in [0.2, 0.25) is 0 Å². The van der Waals surface area contributed by atoms with E-state index in [0.29, 0.717) is 39.3 Å². The third kappa shape index (κ3) is 5.21. The van der Waals surface area contributed by atoms with Crippen molar-refractivity contribution in [2.45, 2.75) is 27.2 Å². The van der Waals surface area contributed by atoms with Crippen LogP contribution in [-0.4, -0.2) is 66.9 Å². The first kappa shape index (κ1) is 19.8. The zero-order valence-electron chi connectivity index (χ0n) is 15.7. The first-order valence-electron chi connectivity index (χ1n) is 8.96. The lowest BCUT2D eigenvalue weighted by molar-refractivity contribution is -0.138. The van der Waals surface area contributed by atoms with Crippen molar-refractivity contribution >= 4 is 23.4 Å². The molecule has 1 heterocycles. The molecule has 0 bridgehead atoms. The van der Waals surface area contributed by atoms with Gasteiger partial charge in [-0.3, -0.25) is 14.4 Å². The maximum absolute atomic E-state index is 12.4. The number of carbonyl (C=O) groups excluding carboxylic acids is 3. The lowest BCUT2D eigenvalue weighted by atomic mass is 10.2. The predicted molar refractivity (Wildman–Crippen MR) is 99.1 cm³/mol. The number of piperazine rings is 1. The van der Waals surface area contributed by atoms with E-state index in [9.17, 15) is 14.4 Å².